The predicted octanol–water partition coefficient (Wildman–Crippen LogP) is 3.97. The lowest BCUT2D eigenvalue weighted by molar-refractivity contribution is 0.0627. The van der Waals surface area contributed by atoms with Gasteiger partial charge in [-0.15, -0.1) is 0 Å². The predicted molar refractivity (Wildman–Crippen MR) is 94.4 cm³/mol. The summed E-state index contributed by atoms with van der Waals surface area (Å²) in [6, 6.07) is 8.71. The second-order valence-corrected chi connectivity index (χ2v) is 5.43. The van der Waals surface area contributed by atoms with Crippen LogP contribution in [-0.4, -0.2) is 47.9 Å². The highest BCUT2D eigenvalue weighted by Crippen LogP contribution is 2.27. The Labute approximate surface area is 136 Å². The van der Waals surface area contributed by atoms with Gasteiger partial charge in [0, 0.05) is 37.8 Å². The molecule has 1 saturated carbocycles. The van der Waals surface area contributed by atoms with Gasteiger partial charge in [0.2, 0.25) is 0 Å². The van der Waals surface area contributed by atoms with Crippen molar-refractivity contribution in [2.24, 2.45) is 0 Å². The quantitative estimate of drug-likeness (QED) is 0.825. The molecule has 3 heteroatoms. The van der Waals surface area contributed by atoms with Gasteiger partial charge in [-0.25, -0.2) is 0 Å². The zero-order valence-electron chi connectivity index (χ0n) is 14.9. The first-order valence-electron chi connectivity index (χ1n) is 8.84. The highest BCUT2D eigenvalue weighted by Gasteiger charge is 2.32. The molecule has 0 radical (unpaired) electrons. The van der Waals surface area contributed by atoms with Crippen LogP contribution < -0.4 is 0 Å². The smallest absolute Gasteiger partial charge is 0.253 e. The molecule has 22 heavy (non-hydrogen) atoms. The third kappa shape index (κ3) is 5.13. The minimum atomic E-state index is 0.186. The van der Waals surface area contributed by atoms with E-state index in [9.17, 15) is 4.79 Å². The zero-order chi connectivity index (χ0) is 16.5. The molecule has 0 atom stereocenters. The molecule has 0 N–H and O–H groups in total. The molecule has 1 aromatic rings. The third-order valence-electron chi connectivity index (χ3n) is 3.96. The molecule has 0 aromatic heterocycles. The van der Waals surface area contributed by atoms with Gasteiger partial charge in [0.1, 0.15) is 0 Å². The van der Waals surface area contributed by atoms with E-state index in [2.05, 4.69) is 4.90 Å². The fourth-order valence-electron chi connectivity index (χ4n) is 2.61. The first kappa shape index (κ1) is 18.7. The van der Waals surface area contributed by atoms with Crippen LogP contribution in [0.25, 0.3) is 0 Å². The lowest BCUT2D eigenvalue weighted by Crippen LogP contribution is -2.49. The van der Waals surface area contributed by atoms with E-state index in [0.717, 1.165) is 37.8 Å². The standard InChI is InChI=1S/C15H20N2O.2C2H6/c1-12-2-4-13(5-3-12)15(18)17-10-8-16(9-11-17)14-6-7-14;2*1-2/h2-5,14H,6-11H2,1H3;2*1-2H3. The average molecular weight is 304 g/mol. The number of amides is 1. The van der Waals surface area contributed by atoms with Crippen molar-refractivity contribution < 1.29 is 4.79 Å². The summed E-state index contributed by atoms with van der Waals surface area (Å²) in [6.07, 6.45) is 2.71. The van der Waals surface area contributed by atoms with Crippen LogP contribution in [0.2, 0.25) is 0 Å². The van der Waals surface area contributed by atoms with Crippen molar-refractivity contribution in [3.05, 3.63) is 35.4 Å². The molecule has 3 nitrogen and oxygen atoms in total. The molecular weight excluding hydrogens is 272 g/mol. The fourth-order valence-corrected chi connectivity index (χ4v) is 2.61. The molecule has 2 fully saturated rings. The largest absolute Gasteiger partial charge is 0.336 e. The summed E-state index contributed by atoms with van der Waals surface area (Å²) in [7, 11) is 0. The summed E-state index contributed by atoms with van der Waals surface area (Å²) in [4.78, 5) is 16.8. The van der Waals surface area contributed by atoms with Crippen LogP contribution in [0.5, 0.6) is 0 Å². The van der Waals surface area contributed by atoms with Crippen LogP contribution in [0.15, 0.2) is 24.3 Å². The summed E-state index contributed by atoms with van der Waals surface area (Å²) >= 11 is 0. The van der Waals surface area contributed by atoms with Crippen molar-refractivity contribution in [2.75, 3.05) is 26.2 Å². The number of hydrogen-bond acceptors (Lipinski definition) is 2. The maximum absolute atomic E-state index is 12.3. The monoisotopic (exact) mass is 304 g/mol. The summed E-state index contributed by atoms with van der Waals surface area (Å²) < 4.78 is 0. The van der Waals surface area contributed by atoms with Gasteiger partial charge in [-0.2, -0.15) is 0 Å². The van der Waals surface area contributed by atoms with E-state index < -0.39 is 0 Å². The maximum atomic E-state index is 12.3. The Balaban J connectivity index is 0.000000561. The number of rotatable bonds is 2. The van der Waals surface area contributed by atoms with Gasteiger partial charge in [0.25, 0.3) is 5.91 Å². The molecule has 124 valence electrons. The first-order chi connectivity index (χ1) is 10.7. The van der Waals surface area contributed by atoms with Gasteiger partial charge in [0.15, 0.2) is 0 Å². The average Bonchev–Trinajstić information content (AvgIpc) is 3.44. The number of aryl methyl sites for hydroxylation is 1. The molecule has 1 aromatic carbocycles. The van der Waals surface area contributed by atoms with E-state index in [1.165, 1.54) is 18.4 Å². The number of nitrogens with zero attached hydrogens (tertiary/aromatic N) is 2. The molecule has 0 spiro atoms. The first-order valence-corrected chi connectivity index (χ1v) is 8.84. The van der Waals surface area contributed by atoms with Gasteiger partial charge in [-0.05, 0) is 31.9 Å². The Morgan fingerprint density at radius 1 is 0.909 bits per heavy atom. The van der Waals surface area contributed by atoms with Crippen LogP contribution in [0.4, 0.5) is 0 Å². The van der Waals surface area contributed by atoms with Crippen molar-refractivity contribution in [1.82, 2.24) is 9.80 Å². The van der Waals surface area contributed by atoms with Crippen molar-refractivity contribution in [3.8, 4) is 0 Å². The number of benzene rings is 1. The van der Waals surface area contributed by atoms with Crippen molar-refractivity contribution in [3.63, 3.8) is 0 Å². The Bertz CT molecular complexity index is 429. The maximum Gasteiger partial charge on any atom is 0.253 e. The van der Waals surface area contributed by atoms with E-state index in [4.69, 9.17) is 0 Å². The van der Waals surface area contributed by atoms with Crippen LogP contribution in [-0.2, 0) is 0 Å². The van der Waals surface area contributed by atoms with Gasteiger partial charge in [0.05, 0.1) is 0 Å². The van der Waals surface area contributed by atoms with Crippen molar-refractivity contribution >= 4 is 5.91 Å². The van der Waals surface area contributed by atoms with Gasteiger partial charge in [-0.3, -0.25) is 9.69 Å². The Hall–Kier alpha value is -1.35. The molecule has 1 aliphatic carbocycles. The van der Waals surface area contributed by atoms with Crippen LogP contribution in [0.3, 0.4) is 0 Å². The number of hydrogen-bond donors (Lipinski definition) is 0. The molecule has 1 saturated heterocycles. The van der Waals surface area contributed by atoms with Crippen LogP contribution >= 0.6 is 0 Å². The molecule has 3 rings (SSSR count). The van der Waals surface area contributed by atoms with Gasteiger partial charge < -0.3 is 4.90 Å². The fraction of sp³-hybridized carbons (Fsp3) is 0.632. The summed E-state index contributed by atoms with van der Waals surface area (Å²) in [6.45, 7) is 13.9. The lowest BCUT2D eigenvalue weighted by atomic mass is 10.1. The molecular formula is C19H32N2O. The zero-order valence-corrected chi connectivity index (χ0v) is 14.9. The summed E-state index contributed by atoms with van der Waals surface area (Å²) in [5.41, 5.74) is 2.02. The van der Waals surface area contributed by atoms with E-state index in [1.54, 1.807) is 0 Å². The SMILES string of the molecule is CC.CC.Cc1ccc(C(=O)N2CCN(C3CC3)CC2)cc1. The number of piperazine rings is 1. The minimum Gasteiger partial charge on any atom is -0.336 e. The summed E-state index contributed by atoms with van der Waals surface area (Å²) in [5, 5.41) is 0. The molecule has 1 amide bonds. The molecule has 0 unspecified atom stereocenters. The van der Waals surface area contributed by atoms with E-state index in [-0.39, 0.29) is 5.91 Å². The van der Waals surface area contributed by atoms with Gasteiger partial charge >= 0.3 is 0 Å². The van der Waals surface area contributed by atoms with Crippen LogP contribution in [0.1, 0.15) is 56.5 Å². The number of carbonyl (C=O) groups excluding carboxylic acids is 1. The second-order valence-electron chi connectivity index (χ2n) is 5.43. The van der Waals surface area contributed by atoms with E-state index in [0.29, 0.717) is 0 Å². The molecule has 0 bridgehead atoms. The van der Waals surface area contributed by atoms with E-state index >= 15 is 0 Å². The highest BCUT2D eigenvalue weighted by atomic mass is 16.2. The Morgan fingerprint density at radius 2 is 1.41 bits per heavy atom. The van der Waals surface area contributed by atoms with Crippen molar-refractivity contribution in [2.45, 2.75) is 53.5 Å². The summed E-state index contributed by atoms with van der Waals surface area (Å²) in [5.74, 6) is 0.186. The Kier molecular flexibility index (Phi) is 8.18. The topological polar surface area (TPSA) is 23.6 Å². The molecule has 1 aliphatic heterocycles. The Morgan fingerprint density at radius 3 is 1.86 bits per heavy atom. The lowest BCUT2D eigenvalue weighted by Gasteiger charge is -2.34. The van der Waals surface area contributed by atoms with Gasteiger partial charge in [-0.1, -0.05) is 45.4 Å². The van der Waals surface area contributed by atoms with Crippen LogP contribution in [0, 0.1) is 6.92 Å². The molecule has 1 heterocycles. The normalized spacial score (nSPS) is 17.8. The number of carbonyl (C=O) groups is 1. The third-order valence-corrected chi connectivity index (χ3v) is 3.96. The highest BCUT2D eigenvalue weighted by molar-refractivity contribution is 5.94. The molecule has 2 aliphatic rings. The minimum absolute atomic E-state index is 0.186. The van der Waals surface area contributed by atoms with E-state index in [1.807, 2.05) is 63.8 Å². The second kappa shape index (κ2) is 9.62. The van der Waals surface area contributed by atoms with Crippen molar-refractivity contribution in [1.29, 1.82) is 0 Å².